The third-order valence-electron chi connectivity index (χ3n) is 6.16. The van der Waals surface area contributed by atoms with Crippen LogP contribution >= 0.6 is 0 Å². The average Bonchev–Trinajstić information content (AvgIpc) is 2.82. The van der Waals surface area contributed by atoms with Crippen molar-refractivity contribution in [1.29, 1.82) is 0 Å². The molecule has 1 fully saturated rings. The minimum absolute atomic E-state index is 0.221. The fourth-order valence-corrected chi connectivity index (χ4v) is 5.89. The van der Waals surface area contributed by atoms with Gasteiger partial charge in [0.2, 0.25) is 0 Å². The second-order valence-corrected chi connectivity index (χ2v) is 9.99. The van der Waals surface area contributed by atoms with Crippen molar-refractivity contribution in [3.8, 4) is 18.1 Å². The predicted octanol–water partition coefficient (Wildman–Crippen LogP) is 4.20. The van der Waals surface area contributed by atoms with Crippen molar-refractivity contribution < 1.29 is 17.9 Å². The van der Waals surface area contributed by atoms with Gasteiger partial charge in [0.1, 0.15) is 11.8 Å². The standard InChI is InChI=1S/C25H29NO4S/c1-3-19-5-12-25-21(17-19)6-7-22(4-2)26(25)31(27,28)24-10-8-23(9-11-24)30-18-20-13-15-29-16-14-20/h2,5,8-12,17,20,22H,3,6-7,13-16,18H2,1H3/t22-/m0/s1. The Labute approximate surface area is 185 Å². The molecular formula is C25H29NO4S. The molecule has 2 aromatic rings. The van der Waals surface area contributed by atoms with Gasteiger partial charge in [-0.25, -0.2) is 8.42 Å². The summed E-state index contributed by atoms with van der Waals surface area (Å²) in [4.78, 5) is 0.221. The average molecular weight is 440 g/mol. The van der Waals surface area contributed by atoms with Gasteiger partial charge < -0.3 is 9.47 Å². The van der Waals surface area contributed by atoms with Gasteiger partial charge in [-0.1, -0.05) is 25.0 Å². The van der Waals surface area contributed by atoms with Crippen LogP contribution in [0.5, 0.6) is 5.75 Å². The van der Waals surface area contributed by atoms with Gasteiger partial charge in [0.15, 0.2) is 0 Å². The van der Waals surface area contributed by atoms with Gasteiger partial charge in [-0.15, -0.1) is 6.42 Å². The summed E-state index contributed by atoms with van der Waals surface area (Å²) >= 11 is 0. The van der Waals surface area contributed by atoms with Crippen LogP contribution in [0.25, 0.3) is 0 Å². The fourth-order valence-electron chi connectivity index (χ4n) is 4.25. The van der Waals surface area contributed by atoms with Gasteiger partial charge in [-0.3, -0.25) is 4.31 Å². The predicted molar refractivity (Wildman–Crippen MR) is 122 cm³/mol. The quantitative estimate of drug-likeness (QED) is 0.633. The van der Waals surface area contributed by atoms with E-state index in [0.29, 0.717) is 30.4 Å². The molecule has 0 aromatic heterocycles. The lowest BCUT2D eigenvalue weighted by Crippen LogP contribution is -2.43. The van der Waals surface area contributed by atoms with Crippen molar-refractivity contribution in [2.45, 2.75) is 50.0 Å². The number of terminal acetylenes is 1. The van der Waals surface area contributed by atoms with Gasteiger partial charge in [0.05, 0.1) is 17.2 Å². The van der Waals surface area contributed by atoms with Crippen LogP contribution in [0.15, 0.2) is 47.4 Å². The monoisotopic (exact) mass is 439 g/mol. The van der Waals surface area contributed by atoms with Crippen LogP contribution in [-0.4, -0.2) is 34.3 Å². The number of sulfonamides is 1. The molecule has 164 valence electrons. The number of aryl methyl sites for hydroxylation is 2. The maximum atomic E-state index is 13.6. The van der Waals surface area contributed by atoms with Crippen molar-refractivity contribution in [3.63, 3.8) is 0 Å². The zero-order chi connectivity index (χ0) is 21.8. The van der Waals surface area contributed by atoms with E-state index in [2.05, 4.69) is 18.9 Å². The molecule has 1 atom stereocenters. The number of hydrogen-bond donors (Lipinski definition) is 0. The van der Waals surface area contributed by atoms with Crippen molar-refractivity contribution in [1.82, 2.24) is 0 Å². The SMILES string of the molecule is C#C[C@H]1CCc2cc(CC)ccc2N1S(=O)(=O)c1ccc(OCC2CCOCC2)cc1. The van der Waals surface area contributed by atoms with E-state index in [9.17, 15) is 8.42 Å². The highest BCUT2D eigenvalue weighted by Crippen LogP contribution is 2.36. The summed E-state index contributed by atoms with van der Waals surface area (Å²) in [7, 11) is -3.79. The number of fused-ring (bicyclic) bond motifs is 1. The second kappa shape index (κ2) is 9.33. The number of benzene rings is 2. The lowest BCUT2D eigenvalue weighted by Gasteiger charge is -2.35. The fraction of sp³-hybridized carbons (Fsp3) is 0.440. The van der Waals surface area contributed by atoms with E-state index in [0.717, 1.165) is 44.5 Å². The second-order valence-electron chi connectivity index (χ2n) is 8.18. The van der Waals surface area contributed by atoms with Crippen LogP contribution < -0.4 is 9.04 Å². The molecule has 0 bridgehead atoms. The first-order valence-electron chi connectivity index (χ1n) is 11.0. The number of hydrogen-bond acceptors (Lipinski definition) is 4. The minimum atomic E-state index is -3.79. The summed E-state index contributed by atoms with van der Waals surface area (Å²) in [5, 5.41) is 0. The summed E-state index contributed by atoms with van der Waals surface area (Å²) in [5.41, 5.74) is 2.92. The molecule has 0 spiro atoms. The Hall–Kier alpha value is -2.49. The first-order valence-corrected chi connectivity index (χ1v) is 12.4. The van der Waals surface area contributed by atoms with Crippen LogP contribution in [0.1, 0.15) is 37.3 Å². The van der Waals surface area contributed by atoms with E-state index in [1.165, 1.54) is 9.87 Å². The molecule has 5 nitrogen and oxygen atoms in total. The maximum Gasteiger partial charge on any atom is 0.265 e. The molecule has 1 saturated heterocycles. The van der Waals surface area contributed by atoms with Gasteiger partial charge in [-0.2, -0.15) is 0 Å². The normalized spacial score (nSPS) is 19.5. The van der Waals surface area contributed by atoms with Crippen molar-refractivity contribution in [3.05, 3.63) is 53.6 Å². The Morgan fingerprint density at radius 1 is 1.13 bits per heavy atom. The Balaban J connectivity index is 1.56. The van der Waals surface area contributed by atoms with E-state index in [4.69, 9.17) is 15.9 Å². The smallest absolute Gasteiger partial charge is 0.265 e. The summed E-state index contributed by atoms with van der Waals surface area (Å²) in [5.74, 6) is 3.83. The molecule has 0 unspecified atom stereocenters. The van der Waals surface area contributed by atoms with Crippen molar-refractivity contribution >= 4 is 15.7 Å². The molecule has 2 aromatic carbocycles. The maximum absolute atomic E-state index is 13.6. The van der Waals surface area contributed by atoms with Gasteiger partial charge in [0.25, 0.3) is 10.0 Å². The van der Waals surface area contributed by atoms with Gasteiger partial charge in [-0.05, 0) is 79.5 Å². The summed E-state index contributed by atoms with van der Waals surface area (Å²) in [6.07, 6.45) is 10.0. The molecule has 31 heavy (non-hydrogen) atoms. The lowest BCUT2D eigenvalue weighted by atomic mass is 9.96. The van der Waals surface area contributed by atoms with E-state index in [-0.39, 0.29) is 4.90 Å². The molecular weight excluding hydrogens is 410 g/mol. The van der Waals surface area contributed by atoms with E-state index in [1.54, 1.807) is 24.3 Å². The highest BCUT2D eigenvalue weighted by molar-refractivity contribution is 7.92. The number of ether oxygens (including phenoxy) is 2. The first-order chi connectivity index (χ1) is 15.0. The Kier molecular flexibility index (Phi) is 6.54. The third kappa shape index (κ3) is 4.58. The number of nitrogens with zero attached hydrogens (tertiary/aromatic N) is 1. The van der Waals surface area contributed by atoms with Crippen LogP contribution in [0.2, 0.25) is 0 Å². The van der Waals surface area contributed by atoms with Crippen LogP contribution in [0.3, 0.4) is 0 Å². The zero-order valence-electron chi connectivity index (χ0n) is 17.9. The molecule has 2 aliphatic rings. The lowest BCUT2D eigenvalue weighted by molar-refractivity contribution is 0.0497. The molecule has 6 heteroatoms. The Bertz CT molecular complexity index is 1050. The summed E-state index contributed by atoms with van der Waals surface area (Å²) in [6.45, 7) is 4.26. The van der Waals surface area contributed by atoms with Gasteiger partial charge in [0, 0.05) is 13.2 Å². The molecule has 0 N–H and O–H groups in total. The van der Waals surface area contributed by atoms with Crippen LogP contribution in [0.4, 0.5) is 5.69 Å². The zero-order valence-corrected chi connectivity index (χ0v) is 18.7. The summed E-state index contributed by atoms with van der Waals surface area (Å²) < 4.78 is 39.8. The molecule has 0 radical (unpaired) electrons. The van der Waals surface area contributed by atoms with Crippen molar-refractivity contribution in [2.24, 2.45) is 5.92 Å². The highest BCUT2D eigenvalue weighted by Gasteiger charge is 2.35. The molecule has 0 saturated carbocycles. The Morgan fingerprint density at radius 2 is 1.87 bits per heavy atom. The van der Waals surface area contributed by atoms with Gasteiger partial charge >= 0.3 is 0 Å². The number of rotatable bonds is 6. The van der Waals surface area contributed by atoms with E-state index < -0.39 is 16.1 Å². The largest absolute Gasteiger partial charge is 0.493 e. The third-order valence-corrected chi connectivity index (χ3v) is 8.00. The van der Waals surface area contributed by atoms with Crippen LogP contribution in [-0.2, 0) is 27.6 Å². The van der Waals surface area contributed by atoms with Crippen molar-refractivity contribution in [2.75, 3.05) is 24.1 Å². The number of anilines is 1. The van der Waals surface area contributed by atoms with Crippen LogP contribution in [0, 0.1) is 18.3 Å². The van der Waals surface area contributed by atoms with E-state index >= 15 is 0 Å². The van der Waals surface area contributed by atoms with E-state index in [1.807, 2.05) is 12.1 Å². The Morgan fingerprint density at radius 3 is 2.55 bits per heavy atom. The molecule has 2 aliphatic heterocycles. The summed E-state index contributed by atoms with van der Waals surface area (Å²) in [6, 6.07) is 12.1. The molecule has 2 heterocycles. The molecule has 0 amide bonds. The highest BCUT2D eigenvalue weighted by atomic mass is 32.2. The molecule has 0 aliphatic carbocycles. The minimum Gasteiger partial charge on any atom is -0.493 e. The molecule has 4 rings (SSSR count). The first kappa shape index (κ1) is 21.7. The topological polar surface area (TPSA) is 55.8 Å².